The first-order valence-electron chi connectivity index (χ1n) is 18.3. The molecule has 3 heterocycles. The van der Waals surface area contributed by atoms with Crippen molar-refractivity contribution in [2.45, 2.75) is 71.9 Å². The van der Waals surface area contributed by atoms with Crippen molar-refractivity contribution in [1.29, 1.82) is 5.26 Å². The largest absolute Gasteiger partial charge is 0.497 e. The molecule has 1 unspecified atom stereocenters. The Morgan fingerprint density at radius 3 is 2.28 bits per heavy atom. The number of rotatable bonds is 13. The quantitative estimate of drug-likeness (QED) is 0.109. The van der Waals surface area contributed by atoms with Gasteiger partial charge in [-0.25, -0.2) is 24.2 Å². The van der Waals surface area contributed by atoms with Gasteiger partial charge in [0.1, 0.15) is 22.1 Å². The third-order valence-corrected chi connectivity index (χ3v) is 9.20. The molecule has 0 aliphatic heterocycles. The van der Waals surface area contributed by atoms with E-state index in [9.17, 15) is 19.6 Å². The molecule has 0 aliphatic rings. The van der Waals surface area contributed by atoms with Gasteiger partial charge in [0.05, 0.1) is 50.9 Å². The summed E-state index contributed by atoms with van der Waals surface area (Å²) in [5.74, 6) is -0.695. The first-order chi connectivity index (χ1) is 27.1. The zero-order chi connectivity index (χ0) is 41.6. The molecule has 298 valence electrons. The Bertz CT molecular complexity index is 2340. The van der Waals surface area contributed by atoms with Crippen molar-refractivity contribution in [2.24, 2.45) is 0 Å². The molecule has 1 amide bonds. The van der Waals surface area contributed by atoms with Crippen LogP contribution >= 0.6 is 11.6 Å². The summed E-state index contributed by atoms with van der Waals surface area (Å²) in [6, 6.07) is 18.3. The summed E-state index contributed by atoms with van der Waals surface area (Å²) >= 11 is 6.62. The highest BCUT2D eigenvalue weighted by molar-refractivity contribution is 6.30. The number of hydrogen-bond donors (Lipinski definition) is 0. The number of nitriles is 1. The summed E-state index contributed by atoms with van der Waals surface area (Å²) in [6.07, 6.45) is 2.83. The molecule has 0 spiro atoms. The number of pyridine rings is 1. The van der Waals surface area contributed by atoms with Crippen molar-refractivity contribution in [3.05, 3.63) is 122 Å². The fraction of sp³-hybridized carbons (Fsp3) is 0.357. The first-order valence-corrected chi connectivity index (χ1v) is 18.7. The van der Waals surface area contributed by atoms with Gasteiger partial charge in [0.15, 0.2) is 5.69 Å². The highest BCUT2D eigenvalue weighted by atomic mass is 35.5. The van der Waals surface area contributed by atoms with Crippen LogP contribution in [0.1, 0.15) is 97.4 Å². The number of benzene rings is 2. The molecule has 5 rings (SSSR count). The molecule has 0 aliphatic carbocycles. The second-order valence-corrected chi connectivity index (χ2v) is 14.9. The Labute approximate surface area is 336 Å². The average Bonchev–Trinajstić information content (AvgIpc) is 3.59. The molecule has 0 saturated heterocycles. The summed E-state index contributed by atoms with van der Waals surface area (Å²) in [5.41, 5.74) is 3.20. The van der Waals surface area contributed by atoms with E-state index < -0.39 is 23.6 Å². The minimum absolute atomic E-state index is 0.0195. The monoisotopic (exact) mass is 795 g/mol. The van der Waals surface area contributed by atoms with Crippen LogP contribution in [0.4, 0.5) is 10.7 Å². The molecule has 0 radical (unpaired) electrons. The van der Waals surface area contributed by atoms with E-state index in [0.29, 0.717) is 33.8 Å². The number of carbonyl (C=O) groups is 2. The number of esters is 1. The maximum atomic E-state index is 13.9. The van der Waals surface area contributed by atoms with E-state index in [4.69, 9.17) is 35.6 Å². The number of nitrogens with zero attached hydrogens (tertiary/aromatic N) is 7. The molecule has 0 N–H and O–H groups in total. The fourth-order valence-electron chi connectivity index (χ4n) is 6.32. The van der Waals surface area contributed by atoms with Crippen LogP contribution in [0.25, 0.3) is 5.69 Å². The van der Waals surface area contributed by atoms with Crippen LogP contribution in [0.3, 0.4) is 0 Å². The highest BCUT2D eigenvalue weighted by Gasteiger charge is 2.34. The van der Waals surface area contributed by atoms with Gasteiger partial charge in [-0.05, 0) is 87.1 Å². The van der Waals surface area contributed by atoms with Gasteiger partial charge < -0.3 is 23.5 Å². The van der Waals surface area contributed by atoms with Crippen molar-refractivity contribution < 1.29 is 28.5 Å². The van der Waals surface area contributed by atoms with Gasteiger partial charge in [0.25, 0.3) is 5.56 Å². The molecule has 0 bridgehead atoms. The Hall–Kier alpha value is -6.20. The summed E-state index contributed by atoms with van der Waals surface area (Å²) in [4.78, 5) is 50.3. The van der Waals surface area contributed by atoms with Crippen LogP contribution in [0, 0.1) is 11.3 Å². The Morgan fingerprint density at radius 2 is 1.70 bits per heavy atom. The molecule has 3 aromatic heterocycles. The lowest BCUT2D eigenvalue weighted by atomic mass is 9.82. The van der Waals surface area contributed by atoms with Crippen molar-refractivity contribution in [1.82, 2.24) is 24.3 Å². The van der Waals surface area contributed by atoms with Crippen molar-refractivity contribution >= 4 is 29.6 Å². The Morgan fingerprint density at radius 1 is 1.02 bits per heavy atom. The lowest BCUT2D eigenvalue weighted by molar-refractivity contribution is 0.0515. The SMILES string of the molecule is CCOC(=O)c1nn(-c2cnc(N(C)C(=O)OC(C)(C)C)nc2OC)c(C(C)C)c1C(Cc1cc(Cl)c(=O)n(Cc2ccc(OC)cc2)c1)c1ccc(C#N)cc1. The molecule has 14 nitrogen and oxygen atoms in total. The summed E-state index contributed by atoms with van der Waals surface area (Å²) in [5, 5.41) is 14.5. The Kier molecular flexibility index (Phi) is 13.0. The number of anilines is 1. The van der Waals surface area contributed by atoms with Gasteiger partial charge in [-0.1, -0.05) is 49.7 Å². The van der Waals surface area contributed by atoms with Gasteiger partial charge in [-0.15, -0.1) is 0 Å². The Balaban J connectivity index is 1.71. The highest BCUT2D eigenvalue weighted by Crippen LogP contribution is 2.39. The van der Waals surface area contributed by atoms with Crippen molar-refractivity contribution in [3.63, 3.8) is 0 Å². The fourth-order valence-corrected chi connectivity index (χ4v) is 6.57. The van der Waals surface area contributed by atoms with Crippen LogP contribution in [-0.2, 0) is 22.4 Å². The maximum absolute atomic E-state index is 13.9. The summed E-state index contributed by atoms with van der Waals surface area (Å²) < 4.78 is 25.2. The van der Waals surface area contributed by atoms with E-state index in [1.165, 1.54) is 25.3 Å². The van der Waals surface area contributed by atoms with E-state index in [0.717, 1.165) is 11.1 Å². The van der Waals surface area contributed by atoms with Crippen LogP contribution in [0.5, 0.6) is 11.6 Å². The van der Waals surface area contributed by atoms with E-state index in [1.54, 1.807) is 68.4 Å². The van der Waals surface area contributed by atoms with Crippen LogP contribution < -0.4 is 19.9 Å². The van der Waals surface area contributed by atoms with Gasteiger partial charge >= 0.3 is 12.1 Å². The molecule has 2 aromatic carbocycles. The third kappa shape index (κ3) is 9.61. The van der Waals surface area contributed by atoms with Crippen LogP contribution in [-0.4, -0.2) is 69.9 Å². The predicted octanol–water partition coefficient (Wildman–Crippen LogP) is 7.46. The van der Waals surface area contributed by atoms with Gasteiger partial charge in [0.2, 0.25) is 11.8 Å². The molecular weight excluding hydrogens is 750 g/mol. The number of methoxy groups -OCH3 is 2. The number of carbonyl (C=O) groups excluding carboxylic acids is 2. The molecule has 5 aromatic rings. The van der Waals surface area contributed by atoms with Crippen molar-refractivity contribution in [2.75, 3.05) is 32.8 Å². The molecule has 15 heteroatoms. The zero-order valence-corrected chi connectivity index (χ0v) is 34.2. The number of aromatic nitrogens is 5. The number of ether oxygens (including phenoxy) is 4. The van der Waals surface area contributed by atoms with Crippen LogP contribution in [0.2, 0.25) is 5.02 Å². The third-order valence-electron chi connectivity index (χ3n) is 8.93. The zero-order valence-electron chi connectivity index (χ0n) is 33.5. The van der Waals surface area contributed by atoms with E-state index in [1.807, 2.05) is 50.2 Å². The molecule has 1 atom stereocenters. The summed E-state index contributed by atoms with van der Waals surface area (Å²) in [6.45, 7) is 11.2. The number of halogens is 1. The predicted molar refractivity (Wildman–Crippen MR) is 215 cm³/mol. The van der Waals surface area contributed by atoms with E-state index in [2.05, 4.69) is 16.0 Å². The minimum atomic E-state index is -0.749. The van der Waals surface area contributed by atoms with Crippen molar-refractivity contribution in [3.8, 4) is 23.4 Å². The number of amides is 1. The molecule has 0 fully saturated rings. The first kappa shape index (κ1) is 42.0. The van der Waals surface area contributed by atoms with E-state index >= 15 is 0 Å². The minimum Gasteiger partial charge on any atom is -0.497 e. The van der Waals surface area contributed by atoms with E-state index in [-0.39, 0.29) is 53.6 Å². The molecule has 0 saturated carbocycles. The van der Waals surface area contributed by atoms with Gasteiger partial charge in [-0.3, -0.25) is 4.79 Å². The topological polar surface area (TPSA) is 164 Å². The standard InChI is InChI=1S/C42H46ClN7O7/c1-10-56-39(52)35-34(36(25(2)3)50(47-35)33-22-45-40(46-37(33)55-9)48(7)41(53)57-42(4,5)6)31(29-15-11-26(21-44)12-16-29)19-28-20-32(43)38(51)49(24-28)23-27-13-17-30(54-8)18-14-27/h11-18,20,22,24-25,31H,10,19,23H2,1-9H3. The summed E-state index contributed by atoms with van der Waals surface area (Å²) in [7, 11) is 4.50. The van der Waals surface area contributed by atoms with Gasteiger partial charge in [0, 0.05) is 24.7 Å². The second-order valence-electron chi connectivity index (χ2n) is 14.5. The number of hydrogen-bond acceptors (Lipinski definition) is 11. The average molecular weight is 796 g/mol. The smallest absolute Gasteiger partial charge is 0.416 e. The molecular formula is C42H46ClN7O7. The van der Waals surface area contributed by atoms with Gasteiger partial charge in [-0.2, -0.15) is 15.3 Å². The molecule has 57 heavy (non-hydrogen) atoms. The normalized spacial score (nSPS) is 11.8. The lowest BCUT2D eigenvalue weighted by Crippen LogP contribution is -2.35. The maximum Gasteiger partial charge on any atom is 0.416 e. The van der Waals surface area contributed by atoms with Crippen LogP contribution in [0.15, 0.2) is 71.8 Å². The lowest BCUT2D eigenvalue weighted by Gasteiger charge is -2.24. The second kappa shape index (κ2) is 17.7.